The van der Waals surface area contributed by atoms with Gasteiger partial charge in [0, 0.05) is 17.8 Å². The standard InChI is InChI=1S/C15H16BrN3O4/c1-9(2)23-13-5-4-10(6-14(13)22-3)18-15-12(16)7-11(8-17-15)19(20)21/h4-9H,1-3H3,(H,17,18). The lowest BCUT2D eigenvalue weighted by molar-refractivity contribution is -0.385. The highest BCUT2D eigenvalue weighted by Gasteiger charge is 2.12. The number of halogens is 1. The van der Waals surface area contributed by atoms with Crippen molar-refractivity contribution >= 4 is 33.1 Å². The molecule has 0 aliphatic heterocycles. The predicted octanol–water partition coefficient (Wildman–Crippen LogP) is 4.29. The summed E-state index contributed by atoms with van der Waals surface area (Å²) in [6.07, 6.45) is 1.23. The summed E-state index contributed by atoms with van der Waals surface area (Å²) in [5.41, 5.74) is 0.640. The zero-order valence-electron chi connectivity index (χ0n) is 12.9. The number of nitro groups is 1. The maximum atomic E-state index is 10.7. The minimum absolute atomic E-state index is 0.0354. The van der Waals surface area contributed by atoms with Crippen molar-refractivity contribution in [3.63, 3.8) is 0 Å². The van der Waals surface area contributed by atoms with Gasteiger partial charge in [-0.05, 0) is 41.9 Å². The van der Waals surface area contributed by atoms with Gasteiger partial charge in [-0.1, -0.05) is 0 Å². The molecule has 1 aromatic carbocycles. The minimum Gasteiger partial charge on any atom is -0.493 e. The third kappa shape index (κ3) is 4.32. The molecule has 0 fully saturated rings. The monoisotopic (exact) mass is 381 g/mol. The largest absolute Gasteiger partial charge is 0.493 e. The minimum atomic E-state index is -0.497. The molecule has 1 N–H and O–H groups in total. The van der Waals surface area contributed by atoms with Crippen molar-refractivity contribution in [2.45, 2.75) is 20.0 Å². The van der Waals surface area contributed by atoms with Crippen LogP contribution in [0.2, 0.25) is 0 Å². The number of nitrogens with zero attached hydrogens (tertiary/aromatic N) is 2. The van der Waals surface area contributed by atoms with Crippen LogP contribution in [-0.4, -0.2) is 23.1 Å². The average molecular weight is 382 g/mol. The first-order valence-electron chi connectivity index (χ1n) is 6.82. The van der Waals surface area contributed by atoms with Crippen LogP contribution in [0.4, 0.5) is 17.2 Å². The summed E-state index contributed by atoms with van der Waals surface area (Å²) in [5, 5.41) is 13.8. The van der Waals surface area contributed by atoms with E-state index in [1.807, 2.05) is 19.9 Å². The van der Waals surface area contributed by atoms with Crippen LogP contribution in [0.3, 0.4) is 0 Å². The molecule has 23 heavy (non-hydrogen) atoms. The van der Waals surface area contributed by atoms with Gasteiger partial charge in [-0.2, -0.15) is 0 Å². The second kappa shape index (κ2) is 7.28. The van der Waals surface area contributed by atoms with E-state index in [1.54, 1.807) is 19.2 Å². The summed E-state index contributed by atoms with van der Waals surface area (Å²) in [5.74, 6) is 1.70. The second-order valence-corrected chi connectivity index (χ2v) is 5.79. The van der Waals surface area contributed by atoms with Crippen LogP contribution >= 0.6 is 15.9 Å². The first-order chi connectivity index (χ1) is 10.9. The number of nitrogens with one attached hydrogen (secondary N) is 1. The molecule has 0 amide bonds. The lowest BCUT2D eigenvalue weighted by Crippen LogP contribution is -2.07. The zero-order valence-corrected chi connectivity index (χ0v) is 14.5. The Morgan fingerprint density at radius 3 is 2.61 bits per heavy atom. The van der Waals surface area contributed by atoms with Crippen LogP contribution in [0.1, 0.15) is 13.8 Å². The Morgan fingerprint density at radius 2 is 2.04 bits per heavy atom. The van der Waals surface area contributed by atoms with Crippen molar-refractivity contribution in [1.82, 2.24) is 4.98 Å². The lowest BCUT2D eigenvalue weighted by Gasteiger charge is -2.15. The Labute approximate surface area is 141 Å². The summed E-state index contributed by atoms with van der Waals surface area (Å²) in [6, 6.07) is 6.77. The van der Waals surface area contributed by atoms with Gasteiger partial charge in [-0.15, -0.1) is 0 Å². The third-order valence-electron chi connectivity index (χ3n) is 2.83. The topological polar surface area (TPSA) is 86.5 Å². The molecule has 0 unspecified atom stereocenters. The normalized spacial score (nSPS) is 10.5. The van der Waals surface area contributed by atoms with Crippen LogP contribution in [0.15, 0.2) is 34.9 Å². The van der Waals surface area contributed by atoms with E-state index in [-0.39, 0.29) is 11.8 Å². The summed E-state index contributed by atoms with van der Waals surface area (Å²) in [7, 11) is 1.56. The van der Waals surface area contributed by atoms with Gasteiger partial charge in [0.25, 0.3) is 5.69 Å². The van der Waals surface area contributed by atoms with Gasteiger partial charge in [-0.3, -0.25) is 10.1 Å². The number of rotatable bonds is 6. The predicted molar refractivity (Wildman–Crippen MR) is 90.6 cm³/mol. The van der Waals surface area contributed by atoms with Crippen molar-refractivity contribution < 1.29 is 14.4 Å². The van der Waals surface area contributed by atoms with E-state index in [1.165, 1.54) is 12.3 Å². The van der Waals surface area contributed by atoms with Crippen LogP contribution in [0.5, 0.6) is 11.5 Å². The molecular weight excluding hydrogens is 366 g/mol. The van der Waals surface area contributed by atoms with E-state index in [0.717, 1.165) is 5.69 Å². The molecule has 0 atom stereocenters. The first-order valence-corrected chi connectivity index (χ1v) is 7.61. The molecule has 0 saturated heterocycles. The maximum Gasteiger partial charge on any atom is 0.288 e. The van der Waals surface area contributed by atoms with Crippen LogP contribution < -0.4 is 14.8 Å². The first kappa shape index (κ1) is 17.0. The van der Waals surface area contributed by atoms with Crippen molar-refractivity contribution in [3.05, 3.63) is 45.0 Å². The molecule has 0 radical (unpaired) electrons. The highest BCUT2D eigenvalue weighted by molar-refractivity contribution is 9.10. The van der Waals surface area contributed by atoms with E-state index in [4.69, 9.17) is 9.47 Å². The summed E-state index contributed by atoms with van der Waals surface area (Å²) in [6.45, 7) is 3.87. The van der Waals surface area contributed by atoms with Gasteiger partial charge in [0.15, 0.2) is 11.5 Å². The molecule has 8 heteroatoms. The maximum absolute atomic E-state index is 10.7. The number of methoxy groups -OCH3 is 1. The smallest absolute Gasteiger partial charge is 0.288 e. The van der Waals surface area contributed by atoms with Crippen molar-refractivity contribution in [2.24, 2.45) is 0 Å². The third-order valence-corrected chi connectivity index (χ3v) is 3.43. The van der Waals surface area contributed by atoms with Crippen LogP contribution in [0.25, 0.3) is 0 Å². The zero-order chi connectivity index (χ0) is 17.0. The molecule has 0 saturated carbocycles. The van der Waals surface area contributed by atoms with Crippen molar-refractivity contribution in [3.8, 4) is 11.5 Å². The summed E-state index contributed by atoms with van der Waals surface area (Å²) >= 11 is 3.27. The molecule has 0 aliphatic carbocycles. The molecule has 1 heterocycles. The Hall–Kier alpha value is -2.35. The summed E-state index contributed by atoms with van der Waals surface area (Å²) in [4.78, 5) is 14.3. The SMILES string of the molecule is COc1cc(Nc2ncc([N+](=O)[O-])cc2Br)ccc1OC(C)C. The molecule has 2 aromatic rings. The molecule has 0 aliphatic rings. The van der Waals surface area contributed by atoms with Gasteiger partial charge >= 0.3 is 0 Å². The number of aromatic nitrogens is 1. The molecule has 0 spiro atoms. The molecule has 122 valence electrons. The Morgan fingerprint density at radius 1 is 1.30 bits per heavy atom. The number of hydrogen-bond donors (Lipinski definition) is 1. The van der Waals surface area contributed by atoms with Crippen LogP contribution in [0, 0.1) is 10.1 Å². The molecule has 7 nitrogen and oxygen atoms in total. The number of pyridine rings is 1. The quantitative estimate of drug-likeness (QED) is 0.593. The van der Waals surface area contributed by atoms with E-state index < -0.39 is 4.92 Å². The highest BCUT2D eigenvalue weighted by Crippen LogP contribution is 2.33. The second-order valence-electron chi connectivity index (χ2n) is 4.94. The lowest BCUT2D eigenvalue weighted by atomic mass is 10.2. The molecule has 0 bridgehead atoms. The van der Waals surface area contributed by atoms with E-state index >= 15 is 0 Å². The Kier molecular flexibility index (Phi) is 5.38. The van der Waals surface area contributed by atoms with Gasteiger partial charge in [0.2, 0.25) is 0 Å². The van der Waals surface area contributed by atoms with Crippen LogP contribution in [-0.2, 0) is 0 Å². The number of hydrogen-bond acceptors (Lipinski definition) is 6. The summed E-state index contributed by atoms with van der Waals surface area (Å²) < 4.78 is 11.5. The van der Waals surface area contributed by atoms with Gasteiger partial charge in [0.1, 0.15) is 12.0 Å². The van der Waals surface area contributed by atoms with E-state index in [9.17, 15) is 10.1 Å². The molecule has 1 aromatic heterocycles. The highest BCUT2D eigenvalue weighted by atomic mass is 79.9. The van der Waals surface area contributed by atoms with Crippen molar-refractivity contribution in [1.29, 1.82) is 0 Å². The molecule has 2 rings (SSSR count). The number of anilines is 2. The fourth-order valence-corrected chi connectivity index (χ4v) is 2.29. The van der Waals surface area contributed by atoms with Gasteiger partial charge < -0.3 is 14.8 Å². The average Bonchev–Trinajstić information content (AvgIpc) is 2.50. The fourth-order valence-electron chi connectivity index (χ4n) is 1.85. The van der Waals surface area contributed by atoms with Gasteiger partial charge in [-0.25, -0.2) is 4.98 Å². The number of benzene rings is 1. The van der Waals surface area contributed by atoms with E-state index in [2.05, 4.69) is 26.2 Å². The fraction of sp³-hybridized carbons (Fsp3) is 0.267. The number of ether oxygens (including phenoxy) is 2. The Balaban J connectivity index is 2.25. The Bertz CT molecular complexity index is 722. The van der Waals surface area contributed by atoms with Crippen molar-refractivity contribution in [2.75, 3.05) is 12.4 Å². The molecular formula is C15H16BrN3O4. The van der Waals surface area contributed by atoms with Gasteiger partial charge in [0.05, 0.1) is 22.6 Å². The van der Waals surface area contributed by atoms with E-state index in [0.29, 0.717) is 21.8 Å².